The molecule has 0 radical (unpaired) electrons. The smallest absolute Gasteiger partial charge is 0.123 e. The van der Waals surface area contributed by atoms with Crippen molar-refractivity contribution in [3.05, 3.63) is 54.0 Å². The molecule has 3 heteroatoms. The highest BCUT2D eigenvalue weighted by Crippen LogP contribution is 2.22. The molecule has 0 aliphatic rings. The van der Waals surface area contributed by atoms with Crippen molar-refractivity contribution in [3.63, 3.8) is 0 Å². The van der Waals surface area contributed by atoms with E-state index in [1.165, 1.54) is 12.1 Å². The molecule has 0 unspecified atom stereocenters. The van der Waals surface area contributed by atoms with Crippen LogP contribution in [0.2, 0.25) is 0 Å². The summed E-state index contributed by atoms with van der Waals surface area (Å²) in [5.41, 5.74) is 2.05. The minimum atomic E-state index is -0.348. The molecule has 0 fully saturated rings. The molecule has 0 spiro atoms. The van der Waals surface area contributed by atoms with Gasteiger partial charge in [0.2, 0.25) is 0 Å². The summed E-state index contributed by atoms with van der Waals surface area (Å²) in [5, 5.41) is 9.11. The molecule has 0 saturated heterocycles. The Kier molecular flexibility index (Phi) is 2.74. The van der Waals surface area contributed by atoms with Gasteiger partial charge in [0.25, 0.3) is 0 Å². The van der Waals surface area contributed by atoms with E-state index in [0.717, 1.165) is 11.3 Å². The number of hydrogen-bond donors (Lipinski definition) is 1. The van der Waals surface area contributed by atoms with Crippen LogP contribution in [0.3, 0.4) is 0 Å². The number of aliphatic hydroxyl groups excluding tert-OH is 1. The highest BCUT2D eigenvalue weighted by atomic mass is 19.1. The molecule has 2 aromatic rings. The van der Waals surface area contributed by atoms with E-state index in [-0.39, 0.29) is 12.4 Å². The van der Waals surface area contributed by atoms with Crippen molar-refractivity contribution >= 4 is 0 Å². The number of benzene rings is 1. The molecular weight excluding hydrogens is 193 g/mol. The molecule has 0 atom stereocenters. The summed E-state index contributed by atoms with van der Waals surface area (Å²) in [6.07, 6.45) is 1.67. The van der Waals surface area contributed by atoms with Crippen molar-refractivity contribution in [1.29, 1.82) is 0 Å². The van der Waals surface area contributed by atoms with E-state index >= 15 is 0 Å². The van der Waals surface area contributed by atoms with Gasteiger partial charge >= 0.3 is 0 Å². The van der Waals surface area contributed by atoms with Crippen LogP contribution in [0.5, 0.6) is 0 Å². The van der Waals surface area contributed by atoms with Crippen molar-refractivity contribution in [3.8, 4) is 11.3 Å². The van der Waals surface area contributed by atoms with Gasteiger partial charge in [0.05, 0.1) is 12.3 Å². The first-order valence-electron chi connectivity index (χ1n) is 4.62. The van der Waals surface area contributed by atoms with Crippen LogP contribution in [0.25, 0.3) is 11.3 Å². The largest absolute Gasteiger partial charge is 0.392 e. The molecule has 1 aromatic heterocycles. The van der Waals surface area contributed by atoms with Crippen LogP contribution < -0.4 is 0 Å². The molecule has 0 amide bonds. The van der Waals surface area contributed by atoms with Crippen LogP contribution in [0.1, 0.15) is 5.56 Å². The normalized spacial score (nSPS) is 10.3. The minimum absolute atomic E-state index is 0.191. The molecule has 0 saturated carbocycles. The molecule has 2 nitrogen and oxygen atoms in total. The third-order valence-electron chi connectivity index (χ3n) is 2.18. The van der Waals surface area contributed by atoms with Gasteiger partial charge in [-0.1, -0.05) is 6.07 Å². The van der Waals surface area contributed by atoms with Gasteiger partial charge in [0, 0.05) is 11.8 Å². The third-order valence-corrected chi connectivity index (χ3v) is 2.18. The number of aliphatic hydroxyl groups is 1. The zero-order valence-corrected chi connectivity index (χ0v) is 8.02. The summed E-state index contributed by atoms with van der Waals surface area (Å²) in [6, 6.07) is 9.81. The van der Waals surface area contributed by atoms with E-state index in [0.29, 0.717) is 5.56 Å². The van der Waals surface area contributed by atoms with Gasteiger partial charge in [-0.2, -0.15) is 0 Å². The van der Waals surface area contributed by atoms with Crippen molar-refractivity contribution in [2.24, 2.45) is 0 Å². The first-order valence-corrected chi connectivity index (χ1v) is 4.62. The van der Waals surface area contributed by atoms with Gasteiger partial charge in [-0.05, 0) is 35.9 Å². The van der Waals surface area contributed by atoms with Crippen LogP contribution in [-0.2, 0) is 6.61 Å². The van der Waals surface area contributed by atoms with E-state index in [4.69, 9.17) is 5.11 Å². The summed E-state index contributed by atoms with van der Waals surface area (Å²) in [6.45, 7) is -0.191. The molecule has 2 rings (SSSR count). The lowest BCUT2D eigenvalue weighted by Crippen LogP contribution is -1.92. The zero-order valence-electron chi connectivity index (χ0n) is 8.02. The predicted octanol–water partition coefficient (Wildman–Crippen LogP) is 2.38. The average molecular weight is 203 g/mol. The van der Waals surface area contributed by atoms with Crippen molar-refractivity contribution < 1.29 is 9.50 Å². The second-order valence-corrected chi connectivity index (χ2v) is 3.17. The van der Waals surface area contributed by atoms with E-state index in [9.17, 15) is 4.39 Å². The molecule has 15 heavy (non-hydrogen) atoms. The molecule has 1 N–H and O–H groups in total. The quantitative estimate of drug-likeness (QED) is 0.812. The first kappa shape index (κ1) is 9.80. The lowest BCUT2D eigenvalue weighted by molar-refractivity contribution is 0.281. The number of aromatic nitrogens is 1. The fourth-order valence-electron chi connectivity index (χ4n) is 1.47. The summed E-state index contributed by atoms with van der Waals surface area (Å²) in [4.78, 5) is 4.15. The average Bonchev–Trinajstić information content (AvgIpc) is 2.30. The standard InChI is InChI=1S/C12H10FNO/c13-10-4-5-11(9(7-10)8-15)12-3-1-2-6-14-12/h1-7,15H,8H2. The SMILES string of the molecule is OCc1cc(F)ccc1-c1ccccn1. The van der Waals surface area contributed by atoms with E-state index < -0.39 is 0 Å². The van der Waals surface area contributed by atoms with Crippen molar-refractivity contribution in [2.75, 3.05) is 0 Å². The maximum absolute atomic E-state index is 12.9. The number of rotatable bonds is 2. The lowest BCUT2D eigenvalue weighted by Gasteiger charge is -2.06. The van der Waals surface area contributed by atoms with E-state index in [1.54, 1.807) is 12.3 Å². The third kappa shape index (κ3) is 2.02. The second-order valence-electron chi connectivity index (χ2n) is 3.17. The molecule has 1 heterocycles. The van der Waals surface area contributed by atoms with Crippen LogP contribution >= 0.6 is 0 Å². The Balaban J connectivity index is 2.53. The van der Waals surface area contributed by atoms with Gasteiger partial charge in [-0.3, -0.25) is 4.98 Å². The fourth-order valence-corrected chi connectivity index (χ4v) is 1.47. The van der Waals surface area contributed by atoms with E-state index in [1.807, 2.05) is 18.2 Å². The summed E-state index contributed by atoms with van der Waals surface area (Å²) < 4.78 is 12.9. The Morgan fingerprint density at radius 1 is 1.20 bits per heavy atom. The summed E-state index contributed by atoms with van der Waals surface area (Å²) in [5.74, 6) is -0.348. The topological polar surface area (TPSA) is 33.1 Å². The maximum Gasteiger partial charge on any atom is 0.123 e. The van der Waals surface area contributed by atoms with Crippen LogP contribution in [0.15, 0.2) is 42.6 Å². The van der Waals surface area contributed by atoms with Gasteiger partial charge in [-0.25, -0.2) is 4.39 Å². The first-order chi connectivity index (χ1) is 7.31. The lowest BCUT2D eigenvalue weighted by atomic mass is 10.0. The molecule has 0 aliphatic heterocycles. The van der Waals surface area contributed by atoms with Gasteiger partial charge < -0.3 is 5.11 Å². The van der Waals surface area contributed by atoms with Gasteiger partial charge in [0.15, 0.2) is 0 Å². The zero-order chi connectivity index (χ0) is 10.7. The van der Waals surface area contributed by atoms with Gasteiger partial charge in [0.1, 0.15) is 5.82 Å². The molecule has 0 bridgehead atoms. The highest BCUT2D eigenvalue weighted by molar-refractivity contribution is 5.63. The summed E-state index contributed by atoms with van der Waals surface area (Å²) >= 11 is 0. The predicted molar refractivity (Wildman–Crippen MR) is 55.6 cm³/mol. The van der Waals surface area contributed by atoms with Crippen molar-refractivity contribution in [2.45, 2.75) is 6.61 Å². The Morgan fingerprint density at radius 3 is 2.73 bits per heavy atom. The van der Waals surface area contributed by atoms with Crippen LogP contribution in [0, 0.1) is 5.82 Å². The number of pyridine rings is 1. The number of nitrogens with zero attached hydrogens (tertiary/aromatic N) is 1. The maximum atomic E-state index is 12.9. The highest BCUT2D eigenvalue weighted by Gasteiger charge is 2.05. The second kappa shape index (κ2) is 4.19. The Labute approximate surface area is 87.0 Å². The van der Waals surface area contributed by atoms with Crippen LogP contribution in [0.4, 0.5) is 4.39 Å². The fraction of sp³-hybridized carbons (Fsp3) is 0.0833. The molecular formula is C12H10FNO. The molecule has 1 aromatic carbocycles. The van der Waals surface area contributed by atoms with Crippen molar-refractivity contribution in [1.82, 2.24) is 4.98 Å². The Hall–Kier alpha value is -1.74. The van der Waals surface area contributed by atoms with E-state index in [2.05, 4.69) is 4.98 Å². The number of hydrogen-bond acceptors (Lipinski definition) is 2. The molecule has 76 valence electrons. The monoisotopic (exact) mass is 203 g/mol. The Morgan fingerprint density at radius 2 is 2.07 bits per heavy atom. The number of halogens is 1. The Bertz CT molecular complexity index is 456. The van der Waals surface area contributed by atoms with Gasteiger partial charge in [-0.15, -0.1) is 0 Å². The minimum Gasteiger partial charge on any atom is -0.392 e. The van der Waals surface area contributed by atoms with Crippen LogP contribution in [-0.4, -0.2) is 10.1 Å². The summed E-state index contributed by atoms with van der Waals surface area (Å²) in [7, 11) is 0. The molecule has 0 aliphatic carbocycles.